The molecular formula is C22H20Cl2F3NO6. The van der Waals surface area contributed by atoms with Gasteiger partial charge in [-0.15, -0.1) is 0 Å². The number of ether oxygens (including phenoxy) is 3. The van der Waals surface area contributed by atoms with Gasteiger partial charge in [0, 0.05) is 5.02 Å². The molecule has 0 heterocycles. The Labute approximate surface area is 202 Å². The summed E-state index contributed by atoms with van der Waals surface area (Å²) in [5, 5.41) is -0.230. The molecule has 12 heteroatoms. The van der Waals surface area contributed by atoms with E-state index in [4.69, 9.17) is 43.1 Å². The van der Waals surface area contributed by atoms with Gasteiger partial charge in [-0.2, -0.15) is 13.2 Å². The molecule has 2 rings (SSSR count). The number of hydrogen-bond acceptors (Lipinski definition) is 7. The van der Waals surface area contributed by atoms with Gasteiger partial charge in [0.1, 0.15) is 11.8 Å². The van der Waals surface area contributed by atoms with Crippen molar-refractivity contribution in [2.45, 2.75) is 38.6 Å². The molecule has 0 aromatic heterocycles. The van der Waals surface area contributed by atoms with Crippen LogP contribution < -0.4 is 10.5 Å². The molecule has 184 valence electrons. The van der Waals surface area contributed by atoms with Gasteiger partial charge in [0.05, 0.1) is 22.8 Å². The van der Waals surface area contributed by atoms with Crippen LogP contribution in [0.5, 0.6) is 5.75 Å². The highest BCUT2D eigenvalue weighted by atomic mass is 35.5. The number of benzene rings is 2. The Hall–Kier alpha value is -2.82. The summed E-state index contributed by atoms with van der Waals surface area (Å²) in [7, 11) is 0. The van der Waals surface area contributed by atoms with Gasteiger partial charge >= 0.3 is 24.1 Å². The van der Waals surface area contributed by atoms with E-state index in [-0.39, 0.29) is 39.9 Å². The van der Waals surface area contributed by atoms with Crippen LogP contribution in [0.3, 0.4) is 0 Å². The van der Waals surface area contributed by atoms with Gasteiger partial charge in [0.2, 0.25) is 0 Å². The number of halogens is 5. The molecule has 0 aliphatic rings. The normalized spacial score (nSPS) is 13.1. The monoisotopic (exact) mass is 521 g/mol. The number of carbonyl (C=O) groups is 3. The largest absolute Gasteiger partial charge is 0.463 e. The number of esters is 3. The highest BCUT2D eigenvalue weighted by molar-refractivity contribution is 6.33. The van der Waals surface area contributed by atoms with Gasteiger partial charge < -0.3 is 19.9 Å². The fourth-order valence-electron chi connectivity index (χ4n) is 2.66. The number of hydrogen-bond donors (Lipinski definition) is 1. The summed E-state index contributed by atoms with van der Waals surface area (Å²) in [6, 6.07) is 5.11. The van der Waals surface area contributed by atoms with Crippen molar-refractivity contribution in [2.75, 3.05) is 6.61 Å². The third-order valence-corrected chi connectivity index (χ3v) is 5.08. The molecule has 0 radical (unpaired) electrons. The van der Waals surface area contributed by atoms with E-state index in [1.807, 2.05) is 0 Å². The molecule has 34 heavy (non-hydrogen) atoms. The average Bonchev–Trinajstić information content (AvgIpc) is 2.75. The minimum absolute atomic E-state index is 0.0262. The standard InChI is InChI=1S/C22H20Cl2F3NO6/c1-3-32-19(29)11(2)33-20(30)15-10-14(6-7-16(15)23)34-21(31)18(28)8-12-4-5-13(9-17(12)24)22(25,26)27/h4-7,9-11,18H,3,8,28H2,1-2H3/t11-,18-/m0/s1. The third kappa shape index (κ3) is 7.34. The van der Waals surface area contributed by atoms with Crippen molar-refractivity contribution in [3.63, 3.8) is 0 Å². The number of nitrogens with two attached hydrogens (primary N) is 1. The van der Waals surface area contributed by atoms with E-state index in [0.29, 0.717) is 0 Å². The summed E-state index contributed by atoms with van der Waals surface area (Å²) in [5.41, 5.74) is 4.92. The Bertz CT molecular complexity index is 1080. The van der Waals surface area contributed by atoms with E-state index in [2.05, 4.69) is 0 Å². The minimum Gasteiger partial charge on any atom is -0.463 e. The topological polar surface area (TPSA) is 105 Å². The molecule has 2 aromatic carbocycles. The molecule has 2 atom stereocenters. The summed E-state index contributed by atoms with van der Waals surface area (Å²) in [5.74, 6) is -2.73. The molecule has 0 saturated carbocycles. The van der Waals surface area contributed by atoms with Crippen molar-refractivity contribution >= 4 is 41.1 Å². The van der Waals surface area contributed by atoms with Crippen LogP contribution in [0.15, 0.2) is 36.4 Å². The predicted octanol–water partition coefficient (Wildman–Crippen LogP) is 4.60. The van der Waals surface area contributed by atoms with Crippen LogP contribution in [-0.2, 0) is 31.7 Å². The number of alkyl halides is 3. The van der Waals surface area contributed by atoms with Crippen LogP contribution >= 0.6 is 23.2 Å². The summed E-state index contributed by atoms with van der Waals surface area (Å²) in [6.45, 7) is 3.02. The Kier molecular flexibility index (Phi) is 9.31. The first-order chi connectivity index (χ1) is 15.8. The molecule has 0 saturated heterocycles. The zero-order chi connectivity index (χ0) is 25.6. The average molecular weight is 522 g/mol. The molecule has 2 N–H and O–H groups in total. The van der Waals surface area contributed by atoms with E-state index < -0.39 is 41.8 Å². The third-order valence-electron chi connectivity index (χ3n) is 4.40. The molecule has 7 nitrogen and oxygen atoms in total. The lowest BCUT2D eigenvalue weighted by atomic mass is 10.0. The van der Waals surface area contributed by atoms with Crippen molar-refractivity contribution < 1.29 is 41.8 Å². The maximum absolute atomic E-state index is 12.8. The molecule has 0 amide bonds. The maximum Gasteiger partial charge on any atom is 0.416 e. The second-order valence-electron chi connectivity index (χ2n) is 6.98. The molecule has 0 unspecified atom stereocenters. The Morgan fingerprint density at radius 2 is 1.71 bits per heavy atom. The van der Waals surface area contributed by atoms with E-state index in [9.17, 15) is 27.6 Å². The first kappa shape index (κ1) is 27.4. The molecule has 0 aliphatic carbocycles. The van der Waals surface area contributed by atoms with Crippen LogP contribution in [0.1, 0.15) is 35.3 Å². The highest BCUT2D eigenvalue weighted by Crippen LogP contribution is 2.32. The summed E-state index contributed by atoms with van der Waals surface area (Å²) >= 11 is 11.9. The lowest BCUT2D eigenvalue weighted by Crippen LogP contribution is -2.36. The van der Waals surface area contributed by atoms with Gasteiger partial charge in [0.15, 0.2) is 6.10 Å². The van der Waals surface area contributed by atoms with E-state index >= 15 is 0 Å². The van der Waals surface area contributed by atoms with Crippen molar-refractivity contribution in [1.82, 2.24) is 0 Å². The quantitative estimate of drug-likeness (QED) is 0.399. The molecular weight excluding hydrogens is 502 g/mol. The fraction of sp³-hybridized carbons (Fsp3) is 0.318. The molecule has 0 aliphatic heterocycles. The molecule has 0 bridgehead atoms. The van der Waals surface area contributed by atoms with Crippen molar-refractivity contribution in [2.24, 2.45) is 5.73 Å². The number of rotatable bonds is 8. The predicted molar refractivity (Wildman–Crippen MR) is 117 cm³/mol. The van der Waals surface area contributed by atoms with E-state index in [1.165, 1.54) is 19.1 Å². The van der Waals surface area contributed by atoms with Gasteiger partial charge in [0.25, 0.3) is 0 Å². The molecule has 2 aromatic rings. The maximum atomic E-state index is 12.8. The first-order valence-corrected chi connectivity index (χ1v) is 10.6. The lowest BCUT2D eigenvalue weighted by Gasteiger charge is -2.15. The van der Waals surface area contributed by atoms with Gasteiger partial charge in [-0.3, -0.25) is 0 Å². The second kappa shape index (κ2) is 11.5. The lowest BCUT2D eigenvalue weighted by molar-refractivity contribution is -0.152. The first-order valence-electron chi connectivity index (χ1n) is 9.83. The Balaban J connectivity index is 2.08. The SMILES string of the molecule is CCOC(=O)[C@H](C)OC(=O)c1cc(OC(=O)[C@@H](N)Cc2ccc(C(F)(F)F)cc2Cl)ccc1Cl. The van der Waals surface area contributed by atoms with Crippen LogP contribution in [0.2, 0.25) is 10.0 Å². The summed E-state index contributed by atoms with van der Waals surface area (Å²) < 4.78 is 53.2. The van der Waals surface area contributed by atoms with Crippen molar-refractivity contribution in [1.29, 1.82) is 0 Å². The smallest absolute Gasteiger partial charge is 0.416 e. The highest BCUT2D eigenvalue weighted by Gasteiger charge is 2.31. The van der Waals surface area contributed by atoms with Gasteiger partial charge in [-0.05, 0) is 56.2 Å². The zero-order valence-electron chi connectivity index (χ0n) is 17.9. The second-order valence-corrected chi connectivity index (χ2v) is 7.79. The van der Waals surface area contributed by atoms with Crippen LogP contribution in [-0.4, -0.2) is 36.7 Å². The molecule has 0 fully saturated rings. The Morgan fingerprint density at radius 1 is 1.03 bits per heavy atom. The van der Waals surface area contributed by atoms with Gasteiger partial charge in [-0.25, -0.2) is 14.4 Å². The van der Waals surface area contributed by atoms with Crippen molar-refractivity contribution in [3.05, 3.63) is 63.1 Å². The Morgan fingerprint density at radius 3 is 2.29 bits per heavy atom. The van der Waals surface area contributed by atoms with Crippen LogP contribution in [0.25, 0.3) is 0 Å². The summed E-state index contributed by atoms with van der Waals surface area (Å²) in [4.78, 5) is 36.4. The van der Waals surface area contributed by atoms with Gasteiger partial charge in [-0.1, -0.05) is 29.3 Å². The van der Waals surface area contributed by atoms with Crippen LogP contribution in [0.4, 0.5) is 13.2 Å². The zero-order valence-corrected chi connectivity index (χ0v) is 19.5. The van der Waals surface area contributed by atoms with E-state index in [0.717, 1.165) is 24.3 Å². The molecule has 0 spiro atoms. The summed E-state index contributed by atoms with van der Waals surface area (Å²) in [6.07, 6.45) is -5.96. The number of carbonyl (C=O) groups excluding carboxylic acids is 3. The van der Waals surface area contributed by atoms with Crippen molar-refractivity contribution in [3.8, 4) is 5.75 Å². The van der Waals surface area contributed by atoms with E-state index in [1.54, 1.807) is 6.92 Å². The minimum atomic E-state index is -4.56. The fourth-order valence-corrected chi connectivity index (χ4v) is 3.11. The van der Waals surface area contributed by atoms with Crippen LogP contribution in [0, 0.1) is 0 Å².